The number of carboxylic acids is 1. The van der Waals surface area contributed by atoms with Gasteiger partial charge in [-0.05, 0) is 42.0 Å². The summed E-state index contributed by atoms with van der Waals surface area (Å²) in [6.07, 6.45) is -19.3. The van der Waals surface area contributed by atoms with Crippen molar-refractivity contribution in [3.8, 4) is 57.3 Å². The fourth-order valence-electron chi connectivity index (χ4n) is 6.23. The fourth-order valence-corrected chi connectivity index (χ4v) is 6.23. The van der Waals surface area contributed by atoms with Crippen LogP contribution < -0.4 is 14.9 Å². The first kappa shape index (κ1) is 42.2. The smallest absolute Gasteiger partial charge is 0.335 e. The molecule has 4 aromatic rings. The SMILES string of the molecule is COc1cc2oc(-c3ccc(O)c(O)c3)c(O[C@H]3O[C@@H](C(=O)O)[C@@H](O[C@@H]4O[C@@H](CO)[C@H](O)[C@H](O)[C@H]4OC(=O)/C=C/c4ccc(O)c(O)c4)[C@@H](O)[C@@H]3O)c(=O)c2c(O)c1O. The summed E-state index contributed by atoms with van der Waals surface area (Å²) in [5.74, 6) is -9.16. The zero-order chi connectivity index (χ0) is 43.0. The Morgan fingerprint density at radius 2 is 1.44 bits per heavy atom. The van der Waals surface area contributed by atoms with Crippen LogP contribution in [0.2, 0.25) is 0 Å². The number of aliphatic carboxylic acids is 1. The molecule has 3 heterocycles. The summed E-state index contributed by atoms with van der Waals surface area (Å²) < 4.78 is 38.3. The third kappa shape index (κ3) is 8.19. The van der Waals surface area contributed by atoms with Gasteiger partial charge in [0.1, 0.15) is 47.6 Å². The highest BCUT2D eigenvalue weighted by atomic mass is 16.8. The Morgan fingerprint density at radius 1 is 0.780 bits per heavy atom. The van der Waals surface area contributed by atoms with E-state index in [1.807, 2.05) is 0 Å². The molecule has 0 amide bonds. The number of hydrogen-bond donors (Lipinski definition) is 12. The number of aliphatic hydroxyl groups is 5. The molecule has 6 rings (SSSR count). The molecule has 2 fully saturated rings. The van der Waals surface area contributed by atoms with Gasteiger partial charge in [-0.15, -0.1) is 0 Å². The van der Waals surface area contributed by atoms with Crippen molar-refractivity contribution < 1.29 is 104 Å². The number of carbonyl (C=O) groups is 2. The van der Waals surface area contributed by atoms with E-state index >= 15 is 0 Å². The molecule has 0 radical (unpaired) electrons. The molecule has 22 nitrogen and oxygen atoms in total. The van der Waals surface area contributed by atoms with Crippen molar-refractivity contribution in [1.29, 1.82) is 0 Å². The Balaban J connectivity index is 1.32. The summed E-state index contributed by atoms with van der Waals surface area (Å²) in [4.78, 5) is 39.4. The predicted molar refractivity (Wildman–Crippen MR) is 191 cm³/mol. The molecular weight excluding hydrogens is 796 g/mol. The summed E-state index contributed by atoms with van der Waals surface area (Å²) in [7, 11) is 1.13. The van der Waals surface area contributed by atoms with Crippen LogP contribution in [-0.4, -0.2) is 148 Å². The van der Waals surface area contributed by atoms with E-state index in [-0.39, 0.29) is 16.9 Å². The number of fused-ring (bicyclic) bond motifs is 1. The topological polar surface area (TPSA) is 362 Å². The number of ether oxygens (including phenoxy) is 6. The Labute approximate surface area is 329 Å². The van der Waals surface area contributed by atoms with Crippen LogP contribution in [0.4, 0.5) is 0 Å². The van der Waals surface area contributed by atoms with E-state index in [0.717, 1.165) is 55.7 Å². The molecule has 0 aliphatic carbocycles. The van der Waals surface area contributed by atoms with Crippen LogP contribution in [0.15, 0.2) is 57.8 Å². The summed E-state index contributed by atoms with van der Waals surface area (Å²) >= 11 is 0. The number of phenolic OH excluding ortho intramolecular Hbond substituents is 6. The zero-order valence-electron chi connectivity index (χ0n) is 30.1. The lowest BCUT2D eigenvalue weighted by Gasteiger charge is -2.45. The molecule has 0 bridgehead atoms. The predicted octanol–water partition coefficient (Wildman–Crippen LogP) is -0.938. The number of carbonyl (C=O) groups excluding carboxylic acids is 1. The highest BCUT2D eigenvalue weighted by Gasteiger charge is 2.54. The molecule has 10 atom stereocenters. The monoisotopic (exact) mass is 832 g/mol. The van der Waals surface area contributed by atoms with Gasteiger partial charge in [0.05, 0.1) is 13.7 Å². The molecule has 316 valence electrons. The normalized spacial score (nSPS) is 27.1. The van der Waals surface area contributed by atoms with Gasteiger partial charge in [0.2, 0.25) is 23.2 Å². The molecule has 0 unspecified atom stereocenters. The minimum atomic E-state index is -2.36. The molecule has 2 aliphatic heterocycles. The molecule has 3 aromatic carbocycles. The van der Waals surface area contributed by atoms with Gasteiger partial charge < -0.3 is 94.1 Å². The highest BCUT2D eigenvalue weighted by Crippen LogP contribution is 2.44. The largest absolute Gasteiger partial charge is 0.504 e. The van der Waals surface area contributed by atoms with Crippen LogP contribution in [0, 0.1) is 0 Å². The Morgan fingerprint density at radius 3 is 2.07 bits per heavy atom. The fraction of sp³-hybridized carbons (Fsp3) is 0.324. The molecule has 0 saturated carbocycles. The van der Waals surface area contributed by atoms with E-state index in [4.69, 9.17) is 32.8 Å². The van der Waals surface area contributed by atoms with Crippen molar-refractivity contribution in [2.45, 2.75) is 61.4 Å². The maximum Gasteiger partial charge on any atom is 0.335 e. The second-order valence-corrected chi connectivity index (χ2v) is 13.1. The minimum absolute atomic E-state index is 0.173. The van der Waals surface area contributed by atoms with Gasteiger partial charge >= 0.3 is 11.9 Å². The van der Waals surface area contributed by atoms with Gasteiger partial charge in [0, 0.05) is 17.7 Å². The number of rotatable bonds is 11. The van der Waals surface area contributed by atoms with Gasteiger partial charge in [-0.3, -0.25) is 4.79 Å². The lowest BCUT2D eigenvalue weighted by Crippen LogP contribution is -2.66. The zero-order valence-corrected chi connectivity index (χ0v) is 30.1. The van der Waals surface area contributed by atoms with Crippen LogP contribution in [-0.2, 0) is 28.5 Å². The van der Waals surface area contributed by atoms with E-state index in [2.05, 4.69) is 0 Å². The van der Waals surface area contributed by atoms with Gasteiger partial charge in [0.25, 0.3) is 0 Å². The second kappa shape index (κ2) is 16.8. The number of aromatic hydroxyl groups is 6. The summed E-state index contributed by atoms with van der Waals surface area (Å²) in [5.41, 5.74) is -1.65. The number of benzene rings is 3. The van der Waals surface area contributed by atoms with E-state index in [9.17, 15) is 75.7 Å². The first-order chi connectivity index (χ1) is 27.9. The van der Waals surface area contributed by atoms with Crippen molar-refractivity contribution >= 4 is 29.0 Å². The first-order valence-corrected chi connectivity index (χ1v) is 17.2. The van der Waals surface area contributed by atoms with Crippen LogP contribution in [0.25, 0.3) is 28.4 Å². The van der Waals surface area contributed by atoms with Crippen molar-refractivity contribution in [1.82, 2.24) is 0 Å². The molecule has 59 heavy (non-hydrogen) atoms. The molecular formula is C37H36O22. The molecule has 1 aromatic heterocycles. The summed E-state index contributed by atoms with van der Waals surface area (Å²) in [6.45, 7) is -0.955. The van der Waals surface area contributed by atoms with Gasteiger partial charge in [-0.25, -0.2) is 9.59 Å². The average Bonchev–Trinajstić information content (AvgIpc) is 3.20. The van der Waals surface area contributed by atoms with E-state index < -0.39 is 142 Å². The lowest BCUT2D eigenvalue weighted by molar-refractivity contribution is -0.348. The number of methoxy groups -OCH3 is 1. The molecule has 2 aliphatic rings. The second-order valence-electron chi connectivity index (χ2n) is 13.1. The van der Waals surface area contributed by atoms with Crippen LogP contribution >= 0.6 is 0 Å². The van der Waals surface area contributed by atoms with Crippen LogP contribution in [0.1, 0.15) is 5.56 Å². The molecule has 0 spiro atoms. The van der Waals surface area contributed by atoms with Crippen molar-refractivity contribution in [2.75, 3.05) is 13.7 Å². The molecule has 22 heteroatoms. The summed E-state index contributed by atoms with van der Waals surface area (Å²) in [5, 5.41) is 124. The molecule has 12 N–H and O–H groups in total. The average molecular weight is 833 g/mol. The lowest BCUT2D eigenvalue weighted by atomic mass is 9.96. The van der Waals surface area contributed by atoms with Crippen molar-refractivity contribution in [2.24, 2.45) is 0 Å². The number of aliphatic hydroxyl groups excluding tert-OH is 5. The Kier molecular flexibility index (Phi) is 12.1. The van der Waals surface area contributed by atoms with E-state index in [0.29, 0.717) is 0 Å². The number of hydrogen-bond acceptors (Lipinski definition) is 21. The maximum atomic E-state index is 13.9. The standard InChI is InChI=1S/C37H36O22/c1-53-19-10-18-22(25(46)23(19)44)26(47)31(30(54-18)13-4-6-15(40)17(42)9-13)57-36-29(50)28(49)32(34(59-36)35(51)52)58-37-33(27(48)24(45)20(11-38)55-37)56-21(43)7-3-12-2-5-14(39)16(41)8-12/h2-10,20,24,27-29,32-34,36-42,44-46,48-50H,11H2,1H3,(H,51,52)/b7-3+/t20-,24-,27-,28-,29-,32-,33+,34+,36-,37-/m0/s1. The third-order valence-electron chi connectivity index (χ3n) is 9.31. The maximum absolute atomic E-state index is 13.9. The van der Waals surface area contributed by atoms with Crippen LogP contribution in [0.3, 0.4) is 0 Å². The first-order valence-electron chi connectivity index (χ1n) is 17.2. The number of esters is 1. The van der Waals surface area contributed by atoms with Gasteiger partial charge in [-0.1, -0.05) is 6.07 Å². The van der Waals surface area contributed by atoms with E-state index in [1.54, 1.807) is 0 Å². The van der Waals surface area contributed by atoms with Crippen molar-refractivity contribution in [3.63, 3.8) is 0 Å². The quantitative estimate of drug-likeness (QED) is 0.0493. The van der Waals surface area contributed by atoms with Crippen LogP contribution in [0.5, 0.6) is 46.0 Å². The number of phenols is 6. The molecule has 2 saturated heterocycles. The van der Waals surface area contributed by atoms with E-state index in [1.165, 1.54) is 6.07 Å². The Hall–Kier alpha value is -6.37. The summed E-state index contributed by atoms with van der Waals surface area (Å²) in [6, 6.07) is 7.62. The highest BCUT2D eigenvalue weighted by molar-refractivity contribution is 5.91. The minimum Gasteiger partial charge on any atom is -0.504 e. The Bertz CT molecular complexity index is 2320. The number of carboxylic acid groups (broad SMARTS) is 1. The van der Waals surface area contributed by atoms with Gasteiger partial charge in [-0.2, -0.15) is 0 Å². The van der Waals surface area contributed by atoms with Gasteiger partial charge in [0.15, 0.2) is 58.8 Å². The third-order valence-corrected chi connectivity index (χ3v) is 9.31. The van der Waals surface area contributed by atoms with Crippen molar-refractivity contribution in [3.05, 3.63) is 64.3 Å².